The summed E-state index contributed by atoms with van der Waals surface area (Å²) in [5.41, 5.74) is 6.53. The van der Waals surface area contributed by atoms with E-state index in [1.165, 1.54) is 11.3 Å². The van der Waals surface area contributed by atoms with Crippen molar-refractivity contribution in [1.82, 2.24) is 4.98 Å². The highest BCUT2D eigenvalue weighted by Crippen LogP contribution is 2.26. The number of allylic oxidation sites excluding steroid dienone is 1. The lowest BCUT2D eigenvalue weighted by atomic mass is 9.92. The summed E-state index contributed by atoms with van der Waals surface area (Å²) in [5, 5.41) is 2.22. The van der Waals surface area contributed by atoms with Gasteiger partial charge in [-0.3, -0.25) is 0 Å². The molecular formula is C13H20N2O2S. The van der Waals surface area contributed by atoms with E-state index in [0.717, 1.165) is 0 Å². The zero-order valence-corrected chi connectivity index (χ0v) is 12.3. The van der Waals surface area contributed by atoms with Gasteiger partial charge in [0.15, 0.2) is 5.13 Å². The number of anilines is 1. The number of rotatable bonds is 3. The van der Waals surface area contributed by atoms with Crippen LogP contribution in [0.5, 0.6) is 0 Å². The lowest BCUT2D eigenvalue weighted by Crippen LogP contribution is -2.15. The molecule has 0 aromatic carbocycles. The molecule has 100 valence electrons. The van der Waals surface area contributed by atoms with E-state index in [4.69, 9.17) is 10.5 Å². The third kappa shape index (κ3) is 4.49. The second kappa shape index (κ2) is 5.52. The molecule has 5 heteroatoms. The molecule has 0 aliphatic carbocycles. The molecule has 0 bridgehead atoms. The summed E-state index contributed by atoms with van der Waals surface area (Å²) in [4.78, 5) is 16.2. The molecule has 4 nitrogen and oxygen atoms in total. The van der Waals surface area contributed by atoms with E-state index in [0.29, 0.717) is 16.4 Å². The maximum Gasteiger partial charge on any atom is 0.340 e. The molecule has 0 unspecified atom stereocenters. The van der Waals surface area contributed by atoms with Crippen LogP contribution in [-0.4, -0.2) is 17.1 Å². The minimum absolute atomic E-state index is 0.135. The topological polar surface area (TPSA) is 65.2 Å². The van der Waals surface area contributed by atoms with Crippen LogP contribution in [0.2, 0.25) is 0 Å². The van der Waals surface area contributed by atoms with Crippen molar-refractivity contribution in [2.45, 2.75) is 40.7 Å². The van der Waals surface area contributed by atoms with Gasteiger partial charge in [0.05, 0.1) is 17.4 Å². The average molecular weight is 268 g/mol. The van der Waals surface area contributed by atoms with Crippen LogP contribution < -0.4 is 5.73 Å². The Morgan fingerprint density at radius 2 is 2.11 bits per heavy atom. The molecular weight excluding hydrogens is 248 g/mol. The van der Waals surface area contributed by atoms with E-state index in [2.05, 4.69) is 4.98 Å². The van der Waals surface area contributed by atoms with E-state index < -0.39 is 0 Å². The zero-order chi connectivity index (χ0) is 13.9. The molecule has 0 aliphatic heterocycles. The summed E-state index contributed by atoms with van der Waals surface area (Å²) in [5.74, 6) is -0.356. The van der Waals surface area contributed by atoms with Gasteiger partial charge in [-0.2, -0.15) is 0 Å². The van der Waals surface area contributed by atoms with Crippen molar-refractivity contribution in [1.29, 1.82) is 0 Å². The Bertz CT molecular complexity index is 456. The number of hydrogen-bond donors (Lipinski definition) is 1. The van der Waals surface area contributed by atoms with Crippen molar-refractivity contribution in [2.75, 3.05) is 5.73 Å². The molecule has 1 aromatic heterocycles. The highest BCUT2D eigenvalue weighted by molar-refractivity contribution is 7.13. The molecule has 2 N–H and O–H groups in total. The van der Waals surface area contributed by atoms with Gasteiger partial charge in [-0.05, 0) is 19.3 Å². The van der Waals surface area contributed by atoms with Gasteiger partial charge in [-0.15, -0.1) is 11.3 Å². The lowest BCUT2D eigenvalue weighted by Gasteiger charge is -2.16. The number of hydrogen-bond acceptors (Lipinski definition) is 5. The summed E-state index contributed by atoms with van der Waals surface area (Å²) in [6, 6.07) is 0. The van der Waals surface area contributed by atoms with Crippen LogP contribution in [0.4, 0.5) is 5.13 Å². The van der Waals surface area contributed by atoms with Gasteiger partial charge in [0.2, 0.25) is 0 Å². The summed E-state index contributed by atoms with van der Waals surface area (Å²) >= 11 is 1.31. The fourth-order valence-corrected chi connectivity index (χ4v) is 1.92. The van der Waals surface area contributed by atoms with Crippen molar-refractivity contribution < 1.29 is 9.53 Å². The number of esters is 1. The zero-order valence-electron chi connectivity index (χ0n) is 11.5. The summed E-state index contributed by atoms with van der Waals surface area (Å²) in [6.07, 6.45) is 1.71. The van der Waals surface area contributed by atoms with Crippen LogP contribution >= 0.6 is 11.3 Å². The summed E-state index contributed by atoms with van der Waals surface area (Å²) in [7, 11) is 0. The Balaban J connectivity index is 3.11. The first-order valence-corrected chi connectivity index (χ1v) is 6.72. The number of thiazole rings is 1. The lowest BCUT2D eigenvalue weighted by molar-refractivity contribution is -0.140. The van der Waals surface area contributed by atoms with Crippen LogP contribution in [0, 0.1) is 5.41 Å². The molecule has 1 rings (SSSR count). The van der Waals surface area contributed by atoms with Crippen molar-refractivity contribution in [3.8, 4) is 0 Å². The van der Waals surface area contributed by atoms with Crippen molar-refractivity contribution in [2.24, 2.45) is 5.41 Å². The van der Waals surface area contributed by atoms with E-state index in [1.54, 1.807) is 5.38 Å². The van der Waals surface area contributed by atoms with Gasteiger partial charge in [0.25, 0.3) is 0 Å². The maximum absolute atomic E-state index is 12.1. The third-order valence-corrected chi connectivity index (χ3v) is 2.61. The van der Waals surface area contributed by atoms with Gasteiger partial charge in [-0.25, -0.2) is 9.78 Å². The molecule has 0 amide bonds. The summed E-state index contributed by atoms with van der Waals surface area (Å²) in [6.45, 7) is 9.70. The molecule has 1 heterocycles. The van der Waals surface area contributed by atoms with E-state index in [1.807, 2.05) is 40.7 Å². The second-order valence-electron chi connectivity index (χ2n) is 5.45. The molecule has 0 radical (unpaired) electrons. The molecule has 0 spiro atoms. The Kier molecular flexibility index (Phi) is 4.51. The number of nitrogens with zero attached hydrogens (tertiary/aromatic N) is 1. The number of carbonyl (C=O) groups excluding carboxylic acids is 1. The van der Waals surface area contributed by atoms with Crippen LogP contribution in [0.3, 0.4) is 0 Å². The summed E-state index contributed by atoms with van der Waals surface area (Å²) < 4.78 is 5.24. The smallest absolute Gasteiger partial charge is 0.340 e. The SMILES string of the molecule is CC(C)OC(=O)/C(=C\C(C)(C)C)c1csc(N)n1. The van der Waals surface area contributed by atoms with Crippen LogP contribution in [0.15, 0.2) is 11.5 Å². The monoisotopic (exact) mass is 268 g/mol. The largest absolute Gasteiger partial charge is 0.459 e. The fourth-order valence-electron chi connectivity index (χ4n) is 1.36. The quantitative estimate of drug-likeness (QED) is 0.675. The van der Waals surface area contributed by atoms with Gasteiger partial charge < -0.3 is 10.5 Å². The molecule has 1 aromatic rings. The van der Waals surface area contributed by atoms with Crippen molar-refractivity contribution in [3.05, 3.63) is 17.2 Å². The normalized spacial score (nSPS) is 12.9. The molecule has 0 fully saturated rings. The average Bonchev–Trinajstić information content (AvgIpc) is 2.58. The Morgan fingerprint density at radius 3 is 2.50 bits per heavy atom. The Labute approximate surface area is 112 Å². The Morgan fingerprint density at radius 1 is 1.50 bits per heavy atom. The van der Waals surface area contributed by atoms with E-state index in [9.17, 15) is 4.79 Å². The van der Waals surface area contributed by atoms with Crippen LogP contribution in [0.1, 0.15) is 40.3 Å². The molecule has 18 heavy (non-hydrogen) atoms. The van der Waals surface area contributed by atoms with Crippen LogP contribution in [0.25, 0.3) is 5.57 Å². The number of carbonyl (C=O) groups is 1. The standard InChI is InChI=1S/C13H20N2O2S/c1-8(2)17-11(16)9(6-13(3,4)5)10-7-18-12(14)15-10/h6-8H,1-5H3,(H2,14,15)/b9-6-. The van der Waals surface area contributed by atoms with Crippen molar-refractivity contribution >= 4 is 28.0 Å². The van der Waals surface area contributed by atoms with Crippen molar-refractivity contribution in [3.63, 3.8) is 0 Å². The van der Waals surface area contributed by atoms with Gasteiger partial charge in [0.1, 0.15) is 0 Å². The van der Waals surface area contributed by atoms with Crippen LogP contribution in [-0.2, 0) is 9.53 Å². The highest BCUT2D eigenvalue weighted by atomic mass is 32.1. The van der Waals surface area contributed by atoms with E-state index in [-0.39, 0.29) is 17.5 Å². The molecule has 0 aliphatic rings. The highest BCUT2D eigenvalue weighted by Gasteiger charge is 2.21. The van der Waals surface area contributed by atoms with E-state index >= 15 is 0 Å². The number of nitrogen functional groups attached to an aromatic ring is 1. The fraction of sp³-hybridized carbons (Fsp3) is 0.538. The molecule has 0 saturated carbocycles. The molecule has 0 atom stereocenters. The predicted octanol–water partition coefficient (Wildman–Crippen LogP) is 3.11. The van der Waals surface area contributed by atoms with Gasteiger partial charge in [-0.1, -0.05) is 26.8 Å². The second-order valence-corrected chi connectivity index (χ2v) is 6.34. The minimum Gasteiger partial charge on any atom is -0.459 e. The molecule has 0 saturated heterocycles. The number of ether oxygens (including phenoxy) is 1. The third-order valence-electron chi connectivity index (χ3n) is 1.94. The minimum atomic E-state index is -0.356. The van der Waals surface area contributed by atoms with Gasteiger partial charge in [0, 0.05) is 5.38 Å². The Hall–Kier alpha value is -1.36. The van der Waals surface area contributed by atoms with Gasteiger partial charge >= 0.3 is 5.97 Å². The number of aromatic nitrogens is 1. The maximum atomic E-state index is 12.1. The number of nitrogens with two attached hydrogens (primary N) is 1. The first-order chi connectivity index (χ1) is 8.19. The first kappa shape index (κ1) is 14.7. The first-order valence-electron chi connectivity index (χ1n) is 5.84. The predicted molar refractivity (Wildman–Crippen MR) is 75.2 cm³/mol.